The lowest BCUT2D eigenvalue weighted by Crippen LogP contribution is -2.32. The number of hydrogen-bond acceptors (Lipinski definition) is 7. The van der Waals surface area contributed by atoms with E-state index in [1.807, 2.05) is 6.92 Å². The standard InChI is InChI=1S/C13H21N5O2/c1-5-18(6-2)7-10(14)12-16-13(20-17-12)11-8(3)15-9(4)19-11/h10H,5-7,14H2,1-4H3. The Morgan fingerprint density at radius 1 is 1.20 bits per heavy atom. The van der Waals surface area contributed by atoms with Crippen molar-refractivity contribution in [1.29, 1.82) is 0 Å². The first-order valence-corrected chi connectivity index (χ1v) is 6.81. The van der Waals surface area contributed by atoms with Gasteiger partial charge in [0.05, 0.1) is 11.7 Å². The van der Waals surface area contributed by atoms with Gasteiger partial charge in [0.25, 0.3) is 5.89 Å². The number of nitrogens with zero attached hydrogens (tertiary/aromatic N) is 4. The smallest absolute Gasteiger partial charge is 0.295 e. The summed E-state index contributed by atoms with van der Waals surface area (Å²) in [6, 6.07) is -0.281. The molecule has 7 heteroatoms. The second-order valence-electron chi connectivity index (χ2n) is 4.70. The van der Waals surface area contributed by atoms with Gasteiger partial charge in [-0.05, 0) is 20.0 Å². The van der Waals surface area contributed by atoms with Crippen LogP contribution in [0.4, 0.5) is 0 Å². The zero-order chi connectivity index (χ0) is 14.7. The third-order valence-corrected chi connectivity index (χ3v) is 3.22. The molecule has 0 saturated heterocycles. The first-order chi connectivity index (χ1) is 9.55. The predicted molar refractivity (Wildman–Crippen MR) is 74.0 cm³/mol. The third kappa shape index (κ3) is 3.05. The average molecular weight is 279 g/mol. The van der Waals surface area contributed by atoms with Crippen molar-refractivity contribution in [2.24, 2.45) is 5.73 Å². The Kier molecular flexibility index (Phi) is 4.51. The van der Waals surface area contributed by atoms with Crippen molar-refractivity contribution in [3.63, 3.8) is 0 Å². The second kappa shape index (κ2) is 6.15. The van der Waals surface area contributed by atoms with Gasteiger partial charge in [-0.1, -0.05) is 19.0 Å². The topological polar surface area (TPSA) is 94.2 Å². The molecule has 2 heterocycles. The maximum Gasteiger partial charge on any atom is 0.295 e. The van der Waals surface area contributed by atoms with Crippen molar-refractivity contribution in [2.45, 2.75) is 33.7 Å². The fourth-order valence-electron chi connectivity index (χ4n) is 2.05. The molecule has 2 aromatic heterocycles. The zero-order valence-electron chi connectivity index (χ0n) is 12.4. The number of aromatic nitrogens is 3. The molecule has 0 spiro atoms. The van der Waals surface area contributed by atoms with Crippen LogP contribution in [0.15, 0.2) is 8.94 Å². The van der Waals surface area contributed by atoms with E-state index in [0.29, 0.717) is 29.9 Å². The summed E-state index contributed by atoms with van der Waals surface area (Å²) in [6.45, 7) is 10.4. The van der Waals surface area contributed by atoms with E-state index in [0.717, 1.165) is 18.8 Å². The highest BCUT2D eigenvalue weighted by Gasteiger charge is 2.21. The van der Waals surface area contributed by atoms with E-state index in [-0.39, 0.29) is 6.04 Å². The van der Waals surface area contributed by atoms with Crippen molar-refractivity contribution in [3.8, 4) is 11.7 Å². The lowest BCUT2D eigenvalue weighted by molar-refractivity contribution is 0.278. The van der Waals surface area contributed by atoms with Gasteiger partial charge in [0.1, 0.15) is 0 Å². The van der Waals surface area contributed by atoms with Crippen molar-refractivity contribution >= 4 is 0 Å². The number of oxazole rings is 1. The molecule has 0 aliphatic heterocycles. The minimum Gasteiger partial charge on any atom is -0.436 e. The van der Waals surface area contributed by atoms with Gasteiger partial charge in [-0.3, -0.25) is 0 Å². The van der Waals surface area contributed by atoms with Crippen molar-refractivity contribution < 1.29 is 8.94 Å². The van der Waals surface area contributed by atoms with Crippen LogP contribution < -0.4 is 5.73 Å². The molecule has 1 unspecified atom stereocenters. The highest BCUT2D eigenvalue weighted by molar-refractivity contribution is 5.47. The summed E-state index contributed by atoms with van der Waals surface area (Å²) in [5, 5.41) is 3.94. The fraction of sp³-hybridized carbons (Fsp3) is 0.615. The van der Waals surface area contributed by atoms with E-state index in [9.17, 15) is 0 Å². The maximum absolute atomic E-state index is 6.11. The van der Waals surface area contributed by atoms with Crippen molar-refractivity contribution in [3.05, 3.63) is 17.4 Å². The molecular weight excluding hydrogens is 258 g/mol. The molecule has 2 rings (SSSR count). The monoisotopic (exact) mass is 279 g/mol. The number of rotatable bonds is 6. The Morgan fingerprint density at radius 3 is 2.45 bits per heavy atom. The first kappa shape index (κ1) is 14.7. The van der Waals surface area contributed by atoms with E-state index in [2.05, 4.69) is 33.9 Å². The highest BCUT2D eigenvalue weighted by atomic mass is 16.5. The predicted octanol–water partition coefficient (Wildman–Crippen LogP) is 1.68. The lowest BCUT2D eigenvalue weighted by atomic mass is 10.2. The van der Waals surface area contributed by atoms with Gasteiger partial charge in [0.2, 0.25) is 5.76 Å². The first-order valence-electron chi connectivity index (χ1n) is 6.81. The van der Waals surface area contributed by atoms with Crippen LogP contribution >= 0.6 is 0 Å². The minimum absolute atomic E-state index is 0.281. The molecule has 0 aliphatic rings. The Bertz CT molecular complexity index is 559. The Morgan fingerprint density at radius 2 is 1.90 bits per heavy atom. The normalized spacial score (nSPS) is 13.1. The summed E-state index contributed by atoms with van der Waals surface area (Å²) in [7, 11) is 0. The van der Waals surface area contributed by atoms with Crippen LogP contribution in [0.3, 0.4) is 0 Å². The molecule has 2 aromatic rings. The molecule has 0 bridgehead atoms. The number of hydrogen-bond donors (Lipinski definition) is 1. The van der Waals surface area contributed by atoms with Gasteiger partial charge in [-0.25, -0.2) is 4.98 Å². The molecular formula is C13H21N5O2. The van der Waals surface area contributed by atoms with Crippen LogP contribution in [0.2, 0.25) is 0 Å². The summed E-state index contributed by atoms with van der Waals surface area (Å²) >= 11 is 0. The van der Waals surface area contributed by atoms with E-state index in [1.165, 1.54) is 0 Å². The fourth-order valence-corrected chi connectivity index (χ4v) is 2.05. The molecule has 0 amide bonds. The molecule has 0 radical (unpaired) electrons. The molecule has 20 heavy (non-hydrogen) atoms. The van der Waals surface area contributed by atoms with Gasteiger partial charge in [0, 0.05) is 13.5 Å². The van der Waals surface area contributed by atoms with Crippen LogP contribution in [-0.4, -0.2) is 39.7 Å². The number of nitrogens with two attached hydrogens (primary N) is 1. The largest absolute Gasteiger partial charge is 0.436 e. The Labute approximate surface area is 118 Å². The molecule has 0 fully saturated rings. The summed E-state index contributed by atoms with van der Waals surface area (Å²) in [5.74, 6) is 1.90. The van der Waals surface area contributed by atoms with Crippen LogP contribution in [0.5, 0.6) is 0 Å². The maximum atomic E-state index is 6.11. The van der Waals surface area contributed by atoms with Crippen molar-refractivity contribution in [1.82, 2.24) is 20.0 Å². The Balaban J connectivity index is 2.14. The van der Waals surface area contributed by atoms with Gasteiger partial charge in [0.15, 0.2) is 11.7 Å². The lowest BCUT2D eigenvalue weighted by Gasteiger charge is -2.20. The van der Waals surface area contributed by atoms with Crippen LogP contribution in [0, 0.1) is 13.8 Å². The van der Waals surface area contributed by atoms with Gasteiger partial charge in [-0.2, -0.15) is 4.98 Å². The van der Waals surface area contributed by atoms with E-state index in [1.54, 1.807) is 6.92 Å². The molecule has 1 atom stereocenters. The summed E-state index contributed by atoms with van der Waals surface area (Å²) in [5.41, 5.74) is 6.84. The number of aryl methyl sites for hydroxylation is 2. The molecule has 7 nitrogen and oxygen atoms in total. The molecule has 0 aromatic carbocycles. The quantitative estimate of drug-likeness (QED) is 0.859. The van der Waals surface area contributed by atoms with Crippen LogP contribution in [-0.2, 0) is 0 Å². The highest BCUT2D eigenvalue weighted by Crippen LogP contribution is 2.23. The molecule has 110 valence electrons. The molecule has 0 saturated carbocycles. The summed E-state index contributed by atoms with van der Waals surface area (Å²) in [4.78, 5) is 10.7. The van der Waals surface area contributed by atoms with E-state index in [4.69, 9.17) is 14.7 Å². The number of likely N-dealkylation sites (N-methyl/N-ethyl adjacent to an activating group) is 1. The van der Waals surface area contributed by atoms with Crippen LogP contribution in [0.25, 0.3) is 11.7 Å². The molecule has 0 aliphatic carbocycles. The van der Waals surface area contributed by atoms with Gasteiger partial charge < -0.3 is 19.6 Å². The molecule has 2 N–H and O–H groups in total. The van der Waals surface area contributed by atoms with Gasteiger partial charge >= 0.3 is 0 Å². The van der Waals surface area contributed by atoms with E-state index < -0.39 is 0 Å². The van der Waals surface area contributed by atoms with Crippen molar-refractivity contribution in [2.75, 3.05) is 19.6 Å². The van der Waals surface area contributed by atoms with E-state index >= 15 is 0 Å². The second-order valence-corrected chi connectivity index (χ2v) is 4.70. The minimum atomic E-state index is -0.281. The van der Waals surface area contributed by atoms with Crippen LogP contribution in [0.1, 0.15) is 37.3 Å². The summed E-state index contributed by atoms with van der Waals surface area (Å²) < 4.78 is 10.7. The SMILES string of the molecule is CCN(CC)CC(N)c1noc(-c2oc(C)nc2C)n1. The summed E-state index contributed by atoms with van der Waals surface area (Å²) in [6.07, 6.45) is 0. The van der Waals surface area contributed by atoms with Gasteiger partial charge in [-0.15, -0.1) is 0 Å². The average Bonchev–Trinajstić information content (AvgIpc) is 3.02. The third-order valence-electron chi connectivity index (χ3n) is 3.22. The Hall–Kier alpha value is -1.73. The zero-order valence-corrected chi connectivity index (χ0v) is 12.4.